The monoisotopic (exact) mass is 391 g/mol. The normalized spacial score (nSPS) is 20.2. The molecule has 150 valence electrons. The highest BCUT2D eigenvalue weighted by Crippen LogP contribution is 2.33. The van der Waals surface area contributed by atoms with Crippen LogP contribution in [0.25, 0.3) is 11.0 Å². The van der Waals surface area contributed by atoms with Crippen LogP contribution in [0.2, 0.25) is 0 Å². The molecule has 2 aliphatic rings. The summed E-state index contributed by atoms with van der Waals surface area (Å²) < 4.78 is 5.46. The minimum Gasteiger partial charge on any atom is -0.378 e. The molecule has 1 atom stereocenters. The average molecular weight is 391 g/mol. The summed E-state index contributed by atoms with van der Waals surface area (Å²) in [6.07, 6.45) is 4.78. The summed E-state index contributed by atoms with van der Waals surface area (Å²) in [5.74, 6) is 1.66. The molecule has 2 aromatic heterocycles. The molecule has 7 heteroatoms. The van der Waals surface area contributed by atoms with Crippen LogP contribution >= 0.6 is 0 Å². The third-order valence-corrected chi connectivity index (χ3v) is 5.81. The molecule has 2 saturated heterocycles. The predicted octanol–water partition coefficient (Wildman–Crippen LogP) is 3.16. The van der Waals surface area contributed by atoms with Crippen molar-refractivity contribution in [3.63, 3.8) is 0 Å². The third-order valence-electron chi connectivity index (χ3n) is 5.81. The molecule has 4 heterocycles. The highest BCUT2D eigenvalue weighted by Gasteiger charge is 2.33. The van der Waals surface area contributed by atoms with E-state index in [1.807, 2.05) is 41.3 Å². The van der Waals surface area contributed by atoms with Crippen LogP contribution < -0.4 is 4.90 Å². The highest BCUT2D eigenvalue weighted by molar-refractivity contribution is 5.99. The van der Waals surface area contributed by atoms with Gasteiger partial charge in [-0.2, -0.15) is 0 Å². The number of rotatable bonds is 3. The van der Waals surface area contributed by atoms with Gasteiger partial charge in [-0.15, -0.1) is 0 Å². The van der Waals surface area contributed by atoms with Gasteiger partial charge in [-0.3, -0.25) is 4.79 Å². The van der Waals surface area contributed by atoms with Crippen molar-refractivity contribution < 1.29 is 9.53 Å². The number of aromatic nitrogens is 3. The SMILES string of the molecule is O=C(c1cccnc1N1CCOCC1)N1CCCCC1c1nc2ccccc2[nH]1. The van der Waals surface area contributed by atoms with E-state index >= 15 is 0 Å². The van der Waals surface area contributed by atoms with Gasteiger partial charge >= 0.3 is 0 Å². The Morgan fingerprint density at radius 1 is 1.07 bits per heavy atom. The second-order valence-electron chi connectivity index (χ2n) is 7.62. The fraction of sp³-hybridized carbons (Fsp3) is 0.409. The molecule has 29 heavy (non-hydrogen) atoms. The van der Waals surface area contributed by atoms with Crippen molar-refractivity contribution in [1.82, 2.24) is 19.9 Å². The molecule has 5 rings (SSSR count). The quantitative estimate of drug-likeness (QED) is 0.742. The van der Waals surface area contributed by atoms with Crippen molar-refractivity contribution in [2.24, 2.45) is 0 Å². The molecule has 2 aliphatic heterocycles. The molecule has 1 aromatic carbocycles. The van der Waals surface area contributed by atoms with Gasteiger partial charge in [0.15, 0.2) is 0 Å². The standard InChI is InChI=1S/C22H25N5O2/c28-22(16-6-5-10-23-21(16)26-12-14-29-15-13-26)27-11-4-3-9-19(27)20-24-17-7-1-2-8-18(17)25-20/h1-2,5-8,10,19H,3-4,9,11-15H2,(H,24,25). The van der Waals surface area contributed by atoms with E-state index in [9.17, 15) is 4.79 Å². The topological polar surface area (TPSA) is 74.4 Å². The Hall–Kier alpha value is -2.93. The number of amides is 1. The Balaban J connectivity index is 1.48. The average Bonchev–Trinajstić information content (AvgIpc) is 3.23. The number of hydrogen-bond acceptors (Lipinski definition) is 5. The number of para-hydroxylation sites is 2. The molecule has 7 nitrogen and oxygen atoms in total. The van der Waals surface area contributed by atoms with Crippen LogP contribution in [0.4, 0.5) is 5.82 Å². The first-order valence-corrected chi connectivity index (χ1v) is 10.3. The van der Waals surface area contributed by atoms with Gasteiger partial charge in [0, 0.05) is 25.8 Å². The molecular formula is C22H25N5O2. The lowest BCUT2D eigenvalue weighted by molar-refractivity contribution is 0.0600. The van der Waals surface area contributed by atoms with Crippen LogP contribution in [-0.2, 0) is 4.74 Å². The van der Waals surface area contributed by atoms with E-state index in [2.05, 4.69) is 14.9 Å². The number of piperidine rings is 1. The van der Waals surface area contributed by atoms with E-state index in [0.29, 0.717) is 18.8 Å². The van der Waals surface area contributed by atoms with E-state index in [0.717, 1.165) is 61.6 Å². The maximum absolute atomic E-state index is 13.6. The van der Waals surface area contributed by atoms with Crippen molar-refractivity contribution in [3.8, 4) is 0 Å². The number of aromatic amines is 1. The van der Waals surface area contributed by atoms with Crippen LogP contribution in [0.1, 0.15) is 41.5 Å². The lowest BCUT2D eigenvalue weighted by atomic mass is 10.00. The van der Waals surface area contributed by atoms with Crippen LogP contribution in [0.5, 0.6) is 0 Å². The number of benzene rings is 1. The Labute approximate surface area is 169 Å². The molecule has 1 amide bonds. The molecule has 1 unspecified atom stereocenters. The maximum atomic E-state index is 13.6. The first kappa shape index (κ1) is 18.1. The number of pyridine rings is 1. The first-order valence-electron chi connectivity index (χ1n) is 10.3. The number of nitrogens with zero attached hydrogens (tertiary/aromatic N) is 4. The second kappa shape index (κ2) is 7.83. The Bertz CT molecular complexity index is 978. The van der Waals surface area contributed by atoms with Gasteiger partial charge in [-0.1, -0.05) is 12.1 Å². The molecule has 0 radical (unpaired) electrons. The molecule has 2 fully saturated rings. The van der Waals surface area contributed by atoms with Gasteiger partial charge in [0.1, 0.15) is 11.6 Å². The van der Waals surface area contributed by atoms with Crippen molar-refractivity contribution in [2.75, 3.05) is 37.7 Å². The van der Waals surface area contributed by atoms with Crippen molar-refractivity contribution >= 4 is 22.8 Å². The van der Waals surface area contributed by atoms with Crippen LogP contribution in [0.3, 0.4) is 0 Å². The van der Waals surface area contributed by atoms with Gasteiger partial charge in [-0.25, -0.2) is 9.97 Å². The number of imidazole rings is 1. The summed E-state index contributed by atoms with van der Waals surface area (Å²) in [5, 5.41) is 0. The van der Waals surface area contributed by atoms with Gasteiger partial charge in [0.2, 0.25) is 0 Å². The zero-order chi connectivity index (χ0) is 19.6. The number of morpholine rings is 1. The molecule has 0 bridgehead atoms. The smallest absolute Gasteiger partial charge is 0.258 e. The van der Waals surface area contributed by atoms with E-state index in [4.69, 9.17) is 9.72 Å². The number of carbonyl (C=O) groups is 1. The molecule has 0 aliphatic carbocycles. The van der Waals surface area contributed by atoms with Crippen molar-refractivity contribution in [2.45, 2.75) is 25.3 Å². The second-order valence-corrected chi connectivity index (χ2v) is 7.62. The molecule has 0 saturated carbocycles. The summed E-state index contributed by atoms with van der Waals surface area (Å²) in [7, 11) is 0. The summed E-state index contributed by atoms with van der Waals surface area (Å²) in [5.41, 5.74) is 2.61. The number of anilines is 1. The zero-order valence-corrected chi connectivity index (χ0v) is 16.4. The summed E-state index contributed by atoms with van der Waals surface area (Å²) >= 11 is 0. The van der Waals surface area contributed by atoms with Crippen LogP contribution in [-0.4, -0.2) is 58.6 Å². The van der Waals surface area contributed by atoms with E-state index in [-0.39, 0.29) is 11.9 Å². The first-order chi connectivity index (χ1) is 14.3. The van der Waals surface area contributed by atoms with E-state index in [1.165, 1.54) is 0 Å². The Morgan fingerprint density at radius 3 is 2.79 bits per heavy atom. The van der Waals surface area contributed by atoms with Gasteiger partial charge in [0.25, 0.3) is 5.91 Å². The van der Waals surface area contributed by atoms with Crippen LogP contribution in [0.15, 0.2) is 42.6 Å². The zero-order valence-electron chi connectivity index (χ0n) is 16.4. The number of nitrogens with one attached hydrogen (secondary N) is 1. The lowest BCUT2D eigenvalue weighted by Gasteiger charge is -2.36. The number of carbonyl (C=O) groups excluding carboxylic acids is 1. The van der Waals surface area contributed by atoms with Crippen LogP contribution in [0, 0.1) is 0 Å². The molecular weight excluding hydrogens is 366 g/mol. The van der Waals surface area contributed by atoms with E-state index in [1.54, 1.807) is 6.20 Å². The predicted molar refractivity (Wildman–Crippen MR) is 111 cm³/mol. The number of H-pyrrole nitrogens is 1. The maximum Gasteiger partial charge on any atom is 0.258 e. The Kier molecular flexibility index (Phi) is 4.89. The number of fused-ring (bicyclic) bond motifs is 1. The Morgan fingerprint density at radius 2 is 1.93 bits per heavy atom. The fourth-order valence-corrected chi connectivity index (χ4v) is 4.34. The van der Waals surface area contributed by atoms with Crippen molar-refractivity contribution in [1.29, 1.82) is 0 Å². The molecule has 1 N–H and O–H groups in total. The van der Waals surface area contributed by atoms with E-state index < -0.39 is 0 Å². The minimum atomic E-state index is -0.0404. The fourth-order valence-electron chi connectivity index (χ4n) is 4.34. The summed E-state index contributed by atoms with van der Waals surface area (Å²) in [6, 6.07) is 11.7. The summed E-state index contributed by atoms with van der Waals surface area (Å²) in [4.78, 5) is 30.5. The number of likely N-dealkylation sites (tertiary alicyclic amines) is 1. The minimum absolute atomic E-state index is 0.0322. The van der Waals surface area contributed by atoms with Crippen molar-refractivity contribution in [3.05, 3.63) is 54.0 Å². The third kappa shape index (κ3) is 3.46. The highest BCUT2D eigenvalue weighted by atomic mass is 16.5. The van der Waals surface area contributed by atoms with Gasteiger partial charge in [0.05, 0.1) is 35.9 Å². The lowest BCUT2D eigenvalue weighted by Crippen LogP contribution is -2.41. The summed E-state index contributed by atoms with van der Waals surface area (Å²) in [6.45, 7) is 3.57. The van der Waals surface area contributed by atoms with Gasteiger partial charge < -0.3 is 19.5 Å². The molecule has 3 aromatic rings. The number of ether oxygens (including phenoxy) is 1. The van der Waals surface area contributed by atoms with Gasteiger partial charge in [-0.05, 0) is 43.5 Å². The number of hydrogen-bond donors (Lipinski definition) is 1. The largest absolute Gasteiger partial charge is 0.378 e. The molecule has 0 spiro atoms.